The molecule has 3 aromatic rings. The highest BCUT2D eigenvalue weighted by Crippen LogP contribution is 2.28. The number of anilines is 2. The van der Waals surface area contributed by atoms with Crippen molar-refractivity contribution in [2.45, 2.75) is 26.3 Å². The SMILES string of the molecule is CC(C)(C)Nc1cc(-c2ccc3cc(C#N)cnn23)ncc1N. The zero-order chi connectivity index (χ0) is 16.6. The Kier molecular flexibility index (Phi) is 3.41. The lowest BCUT2D eigenvalue weighted by atomic mass is 10.1. The van der Waals surface area contributed by atoms with Gasteiger partial charge in [-0.25, -0.2) is 4.52 Å². The molecule has 0 fully saturated rings. The summed E-state index contributed by atoms with van der Waals surface area (Å²) in [6.07, 6.45) is 3.19. The molecule has 0 spiro atoms. The van der Waals surface area contributed by atoms with E-state index in [9.17, 15) is 0 Å². The van der Waals surface area contributed by atoms with Gasteiger partial charge in [0.15, 0.2) is 0 Å². The molecule has 0 atom stereocenters. The van der Waals surface area contributed by atoms with Gasteiger partial charge in [0.1, 0.15) is 6.07 Å². The number of nitrogens with zero attached hydrogens (tertiary/aromatic N) is 4. The van der Waals surface area contributed by atoms with Crippen LogP contribution in [0.1, 0.15) is 26.3 Å². The maximum absolute atomic E-state index is 8.96. The first-order valence-corrected chi connectivity index (χ1v) is 7.29. The number of nitriles is 1. The lowest BCUT2D eigenvalue weighted by Gasteiger charge is -2.23. The molecule has 0 saturated heterocycles. The highest BCUT2D eigenvalue weighted by molar-refractivity contribution is 5.74. The van der Waals surface area contributed by atoms with Gasteiger partial charge in [-0.2, -0.15) is 10.4 Å². The fraction of sp³-hybridized carbons (Fsp3) is 0.235. The number of nitrogen functional groups attached to an aromatic ring is 1. The Labute approximate surface area is 134 Å². The molecule has 6 nitrogen and oxygen atoms in total. The third-order valence-electron chi connectivity index (χ3n) is 3.34. The average molecular weight is 306 g/mol. The summed E-state index contributed by atoms with van der Waals surface area (Å²) in [6, 6.07) is 9.65. The Morgan fingerprint density at radius 3 is 2.70 bits per heavy atom. The number of nitrogens with two attached hydrogens (primary N) is 1. The zero-order valence-corrected chi connectivity index (χ0v) is 13.3. The molecule has 0 aliphatic heterocycles. The Morgan fingerprint density at radius 1 is 1.22 bits per heavy atom. The highest BCUT2D eigenvalue weighted by Gasteiger charge is 2.14. The molecule has 3 aromatic heterocycles. The minimum atomic E-state index is -0.103. The Morgan fingerprint density at radius 2 is 2.00 bits per heavy atom. The molecule has 3 N–H and O–H groups in total. The van der Waals surface area contributed by atoms with Crippen molar-refractivity contribution in [1.29, 1.82) is 5.26 Å². The van der Waals surface area contributed by atoms with Crippen LogP contribution in [-0.2, 0) is 0 Å². The number of pyridine rings is 1. The van der Waals surface area contributed by atoms with Crippen LogP contribution in [0.5, 0.6) is 0 Å². The summed E-state index contributed by atoms with van der Waals surface area (Å²) in [7, 11) is 0. The summed E-state index contributed by atoms with van der Waals surface area (Å²) in [5, 5.41) is 16.7. The predicted molar refractivity (Wildman–Crippen MR) is 90.9 cm³/mol. The van der Waals surface area contributed by atoms with E-state index >= 15 is 0 Å². The van der Waals surface area contributed by atoms with E-state index in [4.69, 9.17) is 11.0 Å². The van der Waals surface area contributed by atoms with Gasteiger partial charge >= 0.3 is 0 Å². The summed E-state index contributed by atoms with van der Waals surface area (Å²) >= 11 is 0. The van der Waals surface area contributed by atoms with Crippen molar-refractivity contribution in [2.24, 2.45) is 0 Å². The van der Waals surface area contributed by atoms with E-state index in [2.05, 4.69) is 42.2 Å². The summed E-state index contributed by atoms with van der Waals surface area (Å²) in [5.41, 5.74) is 10.3. The maximum Gasteiger partial charge on any atom is 0.101 e. The predicted octanol–water partition coefficient (Wildman–Crippen LogP) is 3.06. The first-order chi connectivity index (χ1) is 10.9. The van der Waals surface area contributed by atoms with Gasteiger partial charge in [-0.05, 0) is 45.0 Å². The van der Waals surface area contributed by atoms with Gasteiger partial charge in [0.25, 0.3) is 0 Å². The number of fused-ring (bicyclic) bond motifs is 1. The van der Waals surface area contributed by atoms with Crippen LogP contribution in [0, 0.1) is 11.3 Å². The van der Waals surface area contributed by atoms with Gasteiger partial charge in [0.05, 0.1) is 46.2 Å². The molecular weight excluding hydrogens is 288 g/mol. The Hall–Kier alpha value is -3.07. The first-order valence-electron chi connectivity index (χ1n) is 7.29. The Bertz CT molecular complexity index is 911. The van der Waals surface area contributed by atoms with E-state index in [1.807, 2.05) is 18.2 Å². The minimum absolute atomic E-state index is 0.103. The third kappa shape index (κ3) is 2.94. The molecule has 0 amide bonds. The molecular formula is C17H18N6. The fourth-order valence-corrected chi connectivity index (χ4v) is 2.37. The van der Waals surface area contributed by atoms with Crippen molar-refractivity contribution >= 4 is 16.9 Å². The van der Waals surface area contributed by atoms with Crippen LogP contribution in [0.2, 0.25) is 0 Å². The van der Waals surface area contributed by atoms with Crippen molar-refractivity contribution < 1.29 is 0 Å². The zero-order valence-electron chi connectivity index (χ0n) is 13.3. The lowest BCUT2D eigenvalue weighted by Crippen LogP contribution is -2.26. The van der Waals surface area contributed by atoms with Crippen molar-refractivity contribution in [3.63, 3.8) is 0 Å². The smallest absolute Gasteiger partial charge is 0.101 e. The third-order valence-corrected chi connectivity index (χ3v) is 3.34. The monoisotopic (exact) mass is 306 g/mol. The molecule has 0 bridgehead atoms. The van der Waals surface area contributed by atoms with E-state index in [1.165, 1.54) is 0 Å². The van der Waals surface area contributed by atoms with E-state index < -0.39 is 0 Å². The van der Waals surface area contributed by atoms with Crippen LogP contribution in [0.25, 0.3) is 16.9 Å². The van der Waals surface area contributed by atoms with Crippen molar-refractivity contribution in [1.82, 2.24) is 14.6 Å². The number of aromatic nitrogens is 3. The van der Waals surface area contributed by atoms with E-state index in [-0.39, 0.29) is 5.54 Å². The van der Waals surface area contributed by atoms with Crippen molar-refractivity contribution in [3.05, 3.63) is 42.2 Å². The molecule has 0 aliphatic carbocycles. The molecule has 116 valence electrons. The number of hydrogen-bond donors (Lipinski definition) is 2. The molecule has 3 rings (SSSR count). The van der Waals surface area contributed by atoms with Crippen molar-refractivity contribution in [3.8, 4) is 17.5 Å². The van der Waals surface area contributed by atoms with Crippen LogP contribution in [0.4, 0.5) is 11.4 Å². The second-order valence-corrected chi connectivity index (χ2v) is 6.44. The summed E-state index contributed by atoms with van der Waals surface area (Å²) in [6.45, 7) is 6.22. The number of nitrogens with one attached hydrogen (secondary N) is 1. The quantitative estimate of drug-likeness (QED) is 0.759. The summed E-state index contributed by atoms with van der Waals surface area (Å²) in [5.74, 6) is 0. The summed E-state index contributed by atoms with van der Waals surface area (Å²) in [4.78, 5) is 4.41. The van der Waals surface area contributed by atoms with Gasteiger partial charge < -0.3 is 11.1 Å². The van der Waals surface area contributed by atoms with E-state index in [0.717, 1.165) is 22.6 Å². The lowest BCUT2D eigenvalue weighted by molar-refractivity contribution is 0.634. The highest BCUT2D eigenvalue weighted by atomic mass is 15.2. The largest absolute Gasteiger partial charge is 0.396 e. The second-order valence-electron chi connectivity index (χ2n) is 6.44. The topological polar surface area (TPSA) is 92.0 Å². The van der Waals surface area contributed by atoms with Crippen LogP contribution in [-0.4, -0.2) is 20.1 Å². The molecule has 23 heavy (non-hydrogen) atoms. The summed E-state index contributed by atoms with van der Waals surface area (Å²) < 4.78 is 1.76. The van der Waals surface area contributed by atoms with E-state index in [0.29, 0.717) is 11.3 Å². The van der Waals surface area contributed by atoms with Gasteiger partial charge in [-0.15, -0.1) is 0 Å². The van der Waals surface area contributed by atoms with Crippen LogP contribution in [0.3, 0.4) is 0 Å². The first kappa shape index (κ1) is 14.9. The van der Waals surface area contributed by atoms with Crippen LogP contribution in [0.15, 0.2) is 36.7 Å². The van der Waals surface area contributed by atoms with Gasteiger partial charge in [0, 0.05) is 5.54 Å². The number of rotatable bonds is 2. The standard InChI is InChI=1S/C17H18N6/c1-17(2,3)22-14-7-15(20-10-13(14)19)16-5-4-12-6-11(8-18)9-21-23(12)16/h4-7,9-10H,19H2,1-3H3,(H,20,22). The molecule has 0 aromatic carbocycles. The molecule has 0 unspecified atom stereocenters. The Balaban J connectivity index is 2.09. The molecule has 0 radical (unpaired) electrons. The average Bonchev–Trinajstić information content (AvgIpc) is 2.91. The van der Waals surface area contributed by atoms with E-state index in [1.54, 1.807) is 23.0 Å². The van der Waals surface area contributed by atoms with Gasteiger partial charge in [-0.1, -0.05) is 0 Å². The molecule has 6 heteroatoms. The normalized spacial score (nSPS) is 11.4. The van der Waals surface area contributed by atoms with Crippen LogP contribution >= 0.6 is 0 Å². The second kappa shape index (κ2) is 5.29. The van der Waals surface area contributed by atoms with Gasteiger partial charge in [-0.3, -0.25) is 4.98 Å². The number of hydrogen-bond acceptors (Lipinski definition) is 5. The molecule has 0 aliphatic rings. The minimum Gasteiger partial charge on any atom is -0.396 e. The fourth-order valence-electron chi connectivity index (χ4n) is 2.37. The van der Waals surface area contributed by atoms with Gasteiger partial charge in [0.2, 0.25) is 0 Å². The molecule has 0 saturated carbocycles. The van der Waals surface area contributed by atoms with Crippen LogP contribution < -0.4 is 11.1 Å². The van der Waals surface area contributed by atoms with Crippen molar-refractivity contribution in [2.75, 3.05) is 11.1 Å². The maximum atomic E-state index is 8.96. The molecule has 3 heterocycles.